The Bertz CT molecular complexity index is 3450. The summed E-state index contributed by atoms with van der Waals surface area (Å²) in [5.41, 5.74) is 16.3. The van der Waals surface area contributed by atoms with Crippen LogP contribution in [0.4, 0.5) is 17.1 Å². The molecule has 1 aliphatic rings. The number of hydrogen-bond donors (Lipinski definition) is 0. The lowest BCUT2D eigenvalue weighted by atomic mass is 9.82. The summed E-state index contributed by atoms with van der Waals surface area (Å²) in [4.78, 5) is 2.48. The lowest BCUT2D eigenvalue weighted by Gasteiger charge is -2.31. The number of benzene rings is 9. The Morgan fingerprint density at radius 2 is 1.05 bits per heavy atom. The molecule has 0 aliphatic heterocycles. The number of para-hydroxylation sites is 3. The van der Waals surface area contributed by atoms with E-state index in [0.717, 1.165) is 83.2 Å². The molecule has 0 saturated carbocycles. The predicted octanol–water partition coefficient (Wildman–Crippen LogP) is 15.7. The normalized spacial score (nSPS) is 13.1. The first kappa shape index (κ1) is 32.8. The van der Waals surface area contributed by atoms with Crippen molar-refractivity contribution in [3.05, 3.63) is 199 Å². The van der Waals surface area contributed by atoms with E-state index in [1.54, 1.807) is 0 Å². The third-order valence-electron chi connectivity index (χ3n) is 12.5. The fourth-order valence-electron chi connectivity index (χ4n) is 9.67. The molecule has 0 atom stereocenters. The van der Waals surface area contributed by atoms with E-state index in [2.05, 4.69) is 189 Å². The number of hydrogen-bond acceptors (Lipinski definition) is 3. The maximum atomic E-state index is 6.60. The van der Waals surface area contributed by atoms with Crippen molar-refractivity contribution in [2.45, 2.75) is 19.3 Å². The number of anilines is 3. The highest BCUT2D eigenvalue weighted by atomic mass is 16.3. The molecule has 9 aromatic carbocycles. The lowest BCUT2D eigenvalue weighted by molar-refractivity contribution is 0.660. The van der Waals surface area contributed by atoms with Crippen LogP contribution in [0.3, 0.4) is 0 Å². The largest absolute Gasteiger partial charge is 0.456 e. The first-order chi connectivity index (χ1) is 28.5. The first-order valence-corrected chi connectivity index (χ1v) is 20.0. The van der Waals surface area contributed by atoms with E-state index >= 15 is 0 Å². The zero-order valence-corrected chi connectivity index (χ0v) is 32.2. The molecule has 0 amide bonds. The van der Waals surface area contributed by atoms with E-state index in [9.17, 15) is 0 Å². The quantitative estimate of drug-likeness (QED) is 0.176. The van der Waals surface area contributed by atoms with Crippen molar-refractivity contribution in [3.63, 3.8) is 0 Å². The Morgan fingerprint density at radius 1 is 0.397 bits per heavy atom. The van der Waals surface area contributed by atoms with E-state index in [1.165, 1.54) is 33.0 Å². The molecular weight excluding hydrogens is 707 g/mol. The standard InChI is InChI=1S/C55H37NO2/c1-55(2)45-19-9-5-16-40(45)41-28-26-38(33-46(41)55)56(47-20-10-6-15-39(47)36-25-27-43-42-17-7-11-21-49(42)58-52(43)32-36)48-29-30-51-54(44-18-8-12-22-50(44)57-51)53(48)37-24-23-34-13-3-4-14-35(34)31-37/h3-33H,1-2H3. The van der Waals surface area contributed by atoms with E-state index in [4.69, 9.17) is 8.83 Å². The van der Waals surface area contributed by atoms with Crippen LogP contribution in [0.2, 0.25) is 0 Å². The van der Waals surface area contributed by atoms with Gasteiger partial charge in [-0.15, -0.1) is 0 Å². The summed E-state index contributed by atoms with van der Waals surface area (Å²) in [5, 5.41) is 6.84. The molecule has 3 heteroatoms. The van der Waals surface area contributed by atoms with Gasteiger partial charge >= 0.3 is 0 Å². The van der Waals surface area contributed by atoms with Crippen LogP contribution in [0.1, 0.15) is 25.0 Å². The van der Waals surface area contributed by atoms with E-state index in [-0.39, 0.29) is 5.41 Å². The zero-order valence-electron chi connectivity index (χ0n) is 32.2. The van der Waals surface area contributed by atoms with Gasteiger partial charge in [0.1, 0.15) is 22.3 Å². The highest BCUT2D eigenvalue weighted by Crippen LogP contribution is 2.53. The van der Waals surface area contributed by atoms with Gasteiger partial charge in [0.2, 0.25) is 0 Å². The van der Waals surface area contributed by atoms with Crippen molar-refractivity contribution < 1.29 is 8.83 Å². The summed E-state index contributed by atoms with van der Waals surface area (Å²) in [5.74, 6) is 0. The summed E-state index contributed by atoms with van der Waals surface area (Å²) >= 11 is 0. The molecular formula is C55H37NO2. The Morgan fingerprint density at radius 3 is 1.93 bits per heavy atom. The fraction of sp³-hybridized carbons (Fsp3) is 0.0545. The summed E-state index contributed by atoms with van der Waals surface area (Å²) in [6, 6.07) is 67.9. The topological polar surface area (TPSA) is 29.5 Å². The molecule has 58 heavy (non-hydrogen) atoms. The second-order valence-corrected chi connectivity index (χ2v) is 16.1. The number of furan rings is 2. The van der Waals surface area contributed by atoms with E-state index < -0.39 is 0 Å². The van der Waals surface area contributed by atoms with Crippen molar-refractivity contribution in [2.24, 2.45) is 0 Å². The second-order valence-electron chi connectivity index (χ2n) is 16.1. The van der Waals surface area contributed by atoms with Gasteiger partial charge in [-0.2, -0.15) is 0 Å². The molecule has 0 fully saturated rings. The Balaban J connectivity index is 1.17. The average Bonchev–Trinajstić information content (AvgIpc) is 3.91. The van der Waals surface area contributed by atoms with Crippen LogP contribution in [0.15, 0.2) is 197 Å². The maximum Gasteiger partial charge on any atom is 0.136 e. The smallest absolute Gasteiger partial charge is 0.136 e. The van der Waals surface area contributed by atoms with Crippen molar-refractivity contribution in [1.82, 2.24) is 0 Å². The van der Waals surface area contributed by atoms with Crippen LogP contribution in [0.25, 0.3) is 88.0 Å². The molecule has 11 aromatic rings. The minimum atomic E-state index is -0.175. The number of nitrogens with zero attached hydrogens (tertiary/aromatic N) is 1. The van der Waals surface area contributed by atoms with Gasteiger partial charge in [0.15, 0.2) is 0 Å². The summed E-state index contributed by atoms with van der Waals surface area (Å²) < 4.78 is 13.1. The summed E-state index contributed by atoms with van der Waals surface area (Å²) in [6.07, 6.45) is 0. The van der Waals surface area contributed by atoms with Crippen molar-refractivity contribution in [2.75, 3.05) is 4.90 Å². The van der Waals surface area contributed by atoms with Crippen LogP contribution >= 0.6 is 0 Å². The van der Waals surface area contributed by atoms with Gasteiger partial charge in [-0.1, -0.05) is 141 Å². The zero-order chi connectivity index (χ0) is 38.5. The molecule has 0 saturated heterocycles. The molecule has 0 spiro atoms. The van der Waals surface area contributed by atoms with Crippen LogP contribution in [0, 0.1) is 0 Å². The molecule has 0 bridgehead atoms. The number of rotatable bonds is 5. The second kappa shape index (κ2) is 12.3. The van der Waals surface area contributed by atoms with E-state index in [0.29, 0.717) is 0 Å². The Hall–Kier alpha value is -7.36. The Kier molecular flexibility index (Phi) is 6.98. The van der Waals surface area contributed by atoms with Gasteiger partial charge in [0, 0.05) is 43.8 Å². The van der Waals surface area contributed by atoms with Crippen LogP contribution < -0.4 is 4.90 Å². The summed E-state index contributed by atoms with van der Waals surface area (Å²) in [7, 11) is 0. The molecule has 2 aromatic heterocycles. The van der Waals surface area contributed by atoms with Gasteiger partial charge in [-0.05, 0) is 105 Å². The van der Waals surface area contributed by atoms with E-state index in [1.807, 2.05) is 18.2 Å². The van der Waals surface area contributed by atoms with Crippen LogP contribution in [-0.2, 0) is 5.41 Å². The monoisotopic (exact) mass is 743 g/mol. The number of fused-ring (bicyclic) bond motifs is 10. The maximum absolute atomic E-state index is 6.60. The highest BCUT2D eigenvalue weighted by Gasteiger charge is 2.36. The van der Waals surface area contributed by atoms with Gasteiger partial charge in [0.05, 0.1) is 11.4 Å². The molecule has 0 unspecified atom stereocenters. The summed E-state index contributed by atoms with van der Waals surface area (Å²) in [6.45, 7) is 4.71. The minimum Gasteiger partial charge on any atom is -0.456 e. The minimum absolute atomic E-state index is 0.175. The van der Waals surface area contributed by atoms with Gasteiger partial charge in [-0.3, -0.25) is 0 Å². The third kappa shape index (κ3) is 4.80. The average molecular weight is 744 g/mol. The van der Waals surface area contributed by atoms with Gasteiger partial charge in [0.25, 0.3) is 0 Å². The van der Waals surface area contributed by atoms with Crippen molar-refractivity contribution in [1.29, 1.82) is 0 Å². The molecule has 274 valence electrons. The first-order valence-electron chi connectivity index (χ1n) is 20.0. The van der Waals surface area contributed by atoms with Crippen molar-refractivity contribution in [3.8, 4) is 33.4 Å². The SMILES string of the molecule is CC1(C)c2ccccc2-c2ccc(N(c3ccccc3-c3ccc4c(c3)oc3ccccc34)c3ccc4oc5ccccc5c4c3-c3ccc4ccccc4c3)cc21. The molecule has 1 aliphatic carbocycles. The highest BCUT2D eigenvalue weighted by molar-refractivity contribution is 6.17. The third-order valence-corrected chi connectivity index (χ3v) is 12.5. The molecule has 12 rings (SSSR count). The fourth-order valence-corrected chi connectivity index (χ4v) is 9.67. The molecule has 0 N–H and O–H groups in total. The van der Waals surface area contributed by atoms with Crippen LogP contribution in [0.5, 0.6) is 0 Å². The lowest BCUT2D eigenvalue weighted by Crippen LogP contribution is -2.17. The van der Waals surface area contributed by atoms with Gasteiger partial charge in [-0.25, -0.2) is 0 Å². The molecule has 0 radical (unpaired) electrons. The van der Waals surface area contributed by atoms with Gasteiger partial charge < -0.3 is 13.7 Å². The molecule has 2 heterocycles. The van der Waals surface area contributed by atoms with Crippen molar-refractivity contribution >= 4 is 71.7 Å². The predicted molar refractivity (Wildman–Crippen MR) is 242 cm³/mol. The molecule has 3 nitrogen and oxygen atoms in total. The Labute approximate surface area is 336 Å². The van der Waals surface area contributed by atoms with Crippen LogP contribution in [-0.4, -0.2) is 0 Å².